The molecule has 0 aliphatic rings. The molecule has 1 heterocycles. The number of H-pyrrole nitrogens is 1. The predicted molar refractivity (Wildman–Crippen MR) is 85.3 cm³/mol. The zero-order valence-electron chi connectivity index (χ0n) is 11.1. The van der Waals surface area contributed by atoms with Gasteiger partial charge in [0.1, 0.15) is 0 Å². The number of aromatic nitrogens is 1. The second kappa shape index (κ2) is 5.47. The molecule has 21 heavy (non-hydrogen) atoms. The van der Waals surface area contributed by atoms with Crippen LogP contribution in [0.25, 0.3) is 11.1 Å². The molecule has 2 N–H and O–H groups in total. The smallest absolute Gasteiger partial charge is 0.408 e. The third kappa shape index (κ3) is 2.91. The van der Waals surface area contributed by atoms with E-state index in [1.165, 1.54) is 0 Å². The first-order valence-corrected chi connectivity index (χ1v) is 7.13. The zero-order chi connectivity index (χ0) is 15.0. The van der Waals surface area contributed by atoms with Crippen molar-refractivity contribution in [3.05, 3.63) is 62.6 Å². The number of oxazole rings is 1. The fraction of sp³-hybridized carbons (Fsp3) is 0.133. The maximum atomic E-state index is 11.2. The molecule has 0 bridgehead atoms. The molecule has 1 aromatic heterocycles. The minimum Gasteiger partial charge on any atom is -0.408 e. The molecule has 108 valence electrons. The van der Waals surface area contributed by atoms with E-state index < -0.39 is 5.76 Å². The van der Waals surface area contributed by atoms with E-state index in [2.05, 4.69) is 10.3 Å². The highest BCUT2D eigenvalue weighted by Crippen LogP contribution is 2.29. The Balaban J connectivity index is 1.90. The predicted octanol–water partition coefficient (Wildman–Crippen LogP) is 4.60. The Morgan fingerprint density at radius 2 is 2.00 bits per heavy atom. The summed E-state index contributed by atoms with van der Waals surface area (Å²) >= 11 is 12.2. The van der Waals surface area contributed by atoms with E-state index in [0.29, 0.717) is 21.1 Å². The van der Waals surface area contributed by atoms with E-state index in [0.717, 1.165) is 11.3 Å². The van der Waals surface area contributed by atoms with Crippen molar-refractivity contribution < 1.29 is 4.42 Å². The molecule has 0 saturated heterocycles. The normalized spacial score (nSPS) is 12.5. The largest absolute Gasteiger partial charge is 0.417 e. The van der Waals surface area contributed by atoms with Crippen LogP contribution in [0, 0.1) is 0 Å². The van der Waals surface area contributed by atoms with Gasteiger partial charge >= 0.3 is 5.76 Å². The van der Waals surface area contributed by atoms with Crippen LogP contribution in [-0.4, -0.2) is 4.98 Å². The van der Waals surface area contributed by atoms with Crippen molar-refractivity contribution >= 4 is 40.0 Å². The summed E-state index contributed by atoms with van der Waals surface area (Å²) in [4.78, 5) is 13.8. The van der Waals surface area contributed by atoms with Crippen molar-refractivity contribution in [2.45, 2.75) is 13.0 Å². The molecule has 0 aliphatic carbocycles. The van der Waals surface area contributed by atoms with Crippen molar-refractivity contribution in [3.8, 4) is 0 Å². The number of rotatable bonds is 3. The maximum absolute atomic E-state index is 11.2. The summed E-state index contributed by atoms with van der Waals surface area (Å²) in [5.41, 5.74) is 2.93. The van der Waals surface area contributed by atoms with Crippen molar-refractivity contribution in [1.29, 1.82) is 0 Å². The van der Waals surface area contributed by atoms with Gasteiger partial charge < -0.3 is 9.73 Å². The molecular formula is C15H12Cl2N2O2. The van der Waals surface area contributed by atoms with E-state index >= 15 is 0 Å². The third-order valence-electron chi connectivity index (χ3n) is 3.23. The molecular weight excluding hydrogens is 311 g/mol. The van der Waals surface area contributed by atoms with Crippen LogP contribution >= 0.6 is 23.2 Å². The van der Waals surface area contributed by atoms with Crippen molar-refractivity contribution in [1.82, 2.24) is 4.98 Å². The van der Waals surface area contributed by atoms with Gasteiger partial charge in [-0.1, -0.05) is 23.2 Å². The average molecular weight is 323 g/mol. The van der Waals surface area contributed by atoms with Crippen molar-refractivity contribution in [2.75, 3.05) is 5.32 Å². The van der Waals surface area contributed by atoms with Gasteiger partial charge in [0.2, 0.25) is 0 Å². The van der Waals surface area contributed by atoms with Gasteiger partial charge in [-0.15, -0.1) is 0 Å². The Kier molecular flexibility index (Phi) is 3.66. The fourth-order valence-electron chi connectivity index (χ4n) is 2.22. The van der Waals surface area contributed by atoms with Crippen LogP contribution in [0.2, 0.25) is 10.0 Å². The molecule has 6 heteroatoms. The molecule has 1 unspecified atom stereocenters. The van der Waals surface area contributed by atoms with Crippen molar-refractivity contribution in [2.24, 2.45) is 0 Å². The van der Waals surface area contributed by atoms with Crippen molar-refractivity contribution in [3.63, 3.8) is 0 Å². The van der Waals surface area contributed by atoms with Gasteiger partial charge in [-0.3, -0.25) is 4.98 Å². The van der Waals surface area contributed by atoms with E-state index in [1.54, 1.807) is 18.2 Å². The summed E-state index contributed by atoms with van der Waals surface area (Å²) in [6.45, 7) is 1.99. The minimum absolute atomic E-state index is 0.0349. The first-order valence-electron chi connectivity index (χ1n) is 6.37. The standard InChI is InChI=1S/C15H12Cl2N2O2/c1-8(11-6-9(16)2-4-12(11)17)18-10-3-5-14-13(7-10)19-15(20)21-14/h2-8,18H,1H3,(H,19,20). The zero-order valence-corrected chi connectivity index (χ0v) is 12.6. The minimum atomic E-state index is -0.465. The summed E-state index contributed by atoms with van der Waals surface area (Å²) in [7, 11) is 0. The lowest BCUT2D eigenvalue weighted by Crippen LogP contribution is -2.07. The van der Waals surface area contributed by atoms with E-state index in [9.17, 15) is 4.79 Å². The highest BCUT2D eigenvalue weighted by molar-refractivity contribution is 6.33. The number of aromatic amines is 1. The average Bonchev–Trinajstić information content (AvgIpc) is 2.80. The molecule has 0 fully saturated rings. The maximum Gasteiger partial charge on any atom is 0.417 e. The Bertz CT molecular complexity index is 854. The van der Waals surface area contributed by atoms with Crippen LogP contribution in [0.15, 0.2) is 45.6 Å². The molecule has 0 radical (unpaired) electrons. The summed E-state index contributed by atoms with van der Waals surface area (Å²) in [5.74, 6) is -0.465. The summed E-state index contributed by atoms with van der Waals surface area (Å²) in [5, 5.41) is 4.61. The molecule has 2 aromatic carbocycles. The number of benzene rings is 2. The van der Waals surface area contributed by atoms with Gasteiger partial charge in [-0.25, -0.2) is 4.79 Å². The highest BCUT2D eigenvalue weighted by atomic mass is 35.5. The number of nitrogens with one attached hydrogen (secondary N) is 2. The lowest BCUT2D eigenvalue weighted by molar-refractivity contribution is 0.555. The SMILES string of the molecule is CC(Nc1ccc2oc(=O)[nH]c2c1)c1cc(Cl)ccc1Cl. The number of hydrogen-bond acceptors (Lipinski definition) is 3. The number of halogens is 2. The first kappa shape index (κ1) is 14.0. The van der Waals surface area contributed by atoms with Crippen LogP contribution in [-0.2, 0) is 0 Å². The second-order valence-electron chi connectivity index (χ2n) is 4.76. The lowest BCUT2D eigenvalue weighted by atomic mass is 10.1. The Morgan fingerprint density at radius 3 is 2.81 bits per heavy atom. The van der Waals surface area contributed by atoms with E-state index in [1.807, 2.05) is 25.1 Å². The van der Waals surface area contributed by atoms with Gasteiger partial charge in [0.05, 0.1) is 11.6 Å². The molecule has 0 aliphatic heterocycles. The molecule has 0 amide bonds. The summed E-state index contributed by atoms with van der Waals surface area (Å²) < 4.78 is 4.97. The second-order valence-corrected chi connectivity index (χ2v) is 5.60. The Labute approximate surface area is 130 Å². The van der Waals surface area contributed by atoms with Gasteiger partial charge in [0, 0.05) is 15.7 Å². The Morgan fingerprint density at radius 1 is 1.19 bits per heavy atom. The molecule has 0 saturated carbocycles. The number of fused-ring (bicyclic) bond motifs is 1. The van der Waals surface area contributed by atoms with Crippen LogP contribution < -0.4 is 11.1 Å². The fourth-order valence-corrected chi connectivity index (χ4v) is 2.68. The van der Waals surface area contributed by atoms with Gasteiger partial charge in [0.15, 0.2) is 5.58 Å². The van der Waals surface area contributed by atoms with E-state index in [-0.39, 0.29) is 6.04 Å². The van der Waals surface area contributed by atoms with Gasteiger partial charge in [-0.05, 0) is 48.9 Å². The topological polar surface area (TPSA) is 58.0 Å². The monoisotopic (exact) mass is 322 g/mol. The Hall–Kier alpha value is -1.91. The molecule has 4 nitrogen and oxygen atoms in total. The molecule has 3 rings (SSSR count). The van der Waals surface area contributed by atoms with Crippen LogP contribution in [0.4, 0.5) is 5.69 Å². The lowest BCUT2D eigenvalue weighted by Gasteiger charge is -2.17. The van der Waals surface area contributed by atoms with Crippen LogP contribution in [0.3, 0.4) is 0 Å². The van der Waals surface area contributed by atoms with Crippen LogP contribution in [0.1, 0.15) is 18.5 Å². The third-order valence-corrected chi connectivity index (χ3v) is 3.81. The highest BCUT2D eigenvalue weighted by Gasteiger charge is 2.11. The van der Waals surface area contributed by atoms with Crippen LogP contribution in [0.5, 0.6) is 0 Å². The molecule has 3 aromatic rings. The first-order chi connectivity index (χ1) is 10.0. The summed E-state index contributed by atoms with van der Waals surface area (Å²) in [6, 6.07) is 10.7. The van der Waals surface area contributed by atoms with Gasteiger partial charge in [-0.2, -0.15) is 0 Å². The number of hydrogen-bond donors (Lipinski definition) is 2. The van der Waals surface area contributed by atoms with Gasteiger partial charge in [0.25, 0.3) is 0 Å². The molecule has 1 atom stereocenters. The summed E-state index contributed by atoms with van der Waals surface area (Å²) in [6.07, 6.45) is 0. The number of anilines is 1. The quantitative estimate of drug-likeness (QED) is 0.740. The molecule has 0 spiro atoms. The van der Waals surface area contributed by atoms with E-state index in [4.69, 9.17) is 27.6 Å².